The molecule has 4 aromatic rings. The Kier molecular flexibility index (Phi) is 4.17. The molecule has 4 heterocycles. The summed E-state index contributed by atoms with van der Waals surface area (Å²) in [6, 6.07) is 12.4. The zero-order valence-corrected chi connectivity index (χ0v) is 15.7. The van der Waals surface area contributed by atoms with E-state index in [1.165, 1.54) is 5.69 Å². The number of hydrogen-bond acceptors (Lipinski definition) is 6. The Bertz CT molecular complexity index is 1080. The van der Waals surface area contributed by atoms with Crippen molar-refractivity contribution in [1.82, 2.24) is 29.7 Å². The second-order valence-corrected chi connectivity index (χ2v) is 7.09. The van der Waals surface area contributed by atoms with Gasteiger partial charge in [-0.15, -0.1) is 5.10 Å². The maximum Gasteiger partial charge on any atom is 0.245 e. The maximum absolute atomic E-state index is 4.67. The summed E-state index contributed by atoms with van der Waals surface area (Å²) in [5.41, 5.74) is 5.10. The third kappa shape index (κ3) is 3.18. The van der Waals surface area contributed by atoms with Gasteiger partial charge in [0.15, 0.2) is 0 Å². The molecule has 1 aliphatic heterocycles. The highest BCUT2D eigenvalue weighted by atomic mass is 15.3. The van der Waals surface area contributed by atoms with Crippen LogP contribution < -0.4 is 10.2 Å². The second kappa shape index (κ2) is 6.97. The van der Waals surface area contributed by atoms with Crippen LogP contribution in [0.25, 0.3) is 16.8 Å². The highest BCUT2D eigenvalue weighted by Crippen LogP contribution is 2.24. The van der Waals surface area contributed by atoms with Gasteiger partial charge in [-0.3, -0.25) is 5.10 Å². The molecule has 28 heavy (non-hydrogen) atoms. The van der Waals surface area contributed by atoms with Crippen LogP contribution in [0.1, 0.15) is 0 Å². The molecule has 3 aromatic heterocycles. The van der Waals surface area contributed by atoms with Gasteiger partial charge in [0, 0.05) is 49.3 Å². The van der Waals surface area contributed by atoms with Crippen molar-refractivity contribution < 1.29 is 0 Å². The van der Waals surface area contributed by atoms with Gasteiger partial charge in [0.1, 0.15) is 0 Å². The lowest BCUT2D eigenvalue weighted by Gasteiger charge is -2.34. The minimum absolute atomic E-state index is 0.559. The van der Waals surface area contributed by atoms with Crippen molar-refractivity contribution in [3.05, 3.63) is 55.0 Å². The number of anilines is 3. The first-order chi connectivity index (χ1) is 13.8. The summed E-state index contributed by atoms with van der Waals surface area (Å²) in [5, 5.41) is 14.9. The zero-order valence-electron chi connectivity index (χ0n) is 15.7. The van der Waals surface area contributed by atoms with Crippen LogP contribution in [0.2, 0.25) is 0 Å². The fraction of sp³-hybridized carbons (Fsp3) is 0.250. The zero-order chi connectivity index (χ0) is 18.9. The van der Waals surface area contributed by atoms with Crippen molar-refractivity contribution in [1.29, 1.82) is 0 Å². The molecule has 0 spiro atoms. The van der Waals surface area contributed by atoms with Crippen molar-refractivity contribution in [3.8, 4) is 11.3 Å². The van der Waals surface area contributed by atoms with Gasteiger partial charge in [-0.1, -0.05) is 6.07 Å². The molecule has 0 amide bonds. The molecule has 1 saturated heterocycles. The van der Waals surface area contributed by atoms with Gasteiger partial charge in [0.25, 0.3) is 0 Å². The fourth-order valence-corrected chi connectivity index (χ4v) is 3.54. The van der Waals surface area contributed by atoms with Crippen LogP contribution in [-0.4, -0.2) is 62.9 Å². The van der Waals surface area contributed by atoms with Crippen LogP contribution in [0, 0.1) is 0 Å². The molecule has 0 atom stereocenters. The second-order valence-electron chi connectivity index (χ2n) is 7.09. The van der Waals surface area contributed by atoms with E-state index in [0.29, 0.717) is 5.95 Å². The highest BCUT2D eigenvalue weighted by Gasteiger charge is 2.15. The van der Waals surface area contributed by atoms with Crippen molar-refractivity contribution in [3.63, 3.8) is 0 Å². The Hall–Kier alpha value is -3.39. The first-order valence-electron chi connectivity index (χ1n) is 9.41. The van der Waals surface area contributed by atoms with Gasteiger partial charge < -0.3 is 15.1 Å². The van der Waals surface area contributed by atoms with E-state index in [4.69, 9.17) is 0 Å². The standard InChI is InChI=1S/C20H22N8/c1-26-7-9-27(10-8-26)17-4-2-3-16(11-17)24-20-21-14-18-5-6-19(28(18)25-20)15-12-22-23-13-15/h2-6,11-14H,7-10H2,1H3,(H,22,23)(H,24,25). The minimum atomic E-state index is 0.559. The van der Waals surface area contributed by atoms with E-state index in [9.17, 15) is 0 Å². The van der Waals surface area contributed by atoms with Crippen molar-refractivity contribution in [2.75, 3.05) is 43.4 Å². The molecular weight excluding hydrogens is 352 g/mol. The summed E-state index contributed by atoms with van der Waals surface area (Å²) >= 11 is 0. The lowest BCUT2D eigenvalue weighted by molar-refractivity contribution is 0.313. The predicted octanol–water partition coefficient (Wildman–Crippen LogP) is 2.61. The van der Waals surface area contributed by atoms with Crippen molar-refractivity contribution in [2.45, 2.75) is 0 Å². The van der Waals surface area contributed by atoms with Gasteiger partial charge in [-0.25, -0.2) is 9.50 Å². The summed E-state index contributed by atoms with van der Waals surface area (Å²) in [5.74, 6) is 0.559. The van der Waals surface area contributed by atoms with Crippen LogP contribution in [0.3, 0.4) is 0 Å². The summed E-state index contributed by atoms with van der Waals surface area (Å²) in [6.07, 6.45) is 5.47. The predicted molar refractivity (Wildman–Crippen MR) is 110 cm³/mol. The van der Waals surface area contributed by atoms with E-state index in [1.54, 1.807) is 6.20 Å². The smallest absolute Gasteiger partial charge is 0.245 e. The quantitative estimate of drug-likeness (QED) is 0.572. The molecule has 2 N–H and O–H groups in total. The summed E-state index contributed by atoms with van der Waals surface area (Å²) in [6.45, 7) is 4.25. The Balaban J connectivity index is 1.41. The van der Waals surface area contributed by atoms with Crippen LogP contribution >= 0.6 is 0 Å². The summed E-state index contributed by atoms with van der Waals surface area (Å²) in [7, 11) is 2.17. The van der Waals surface area contributed by atoms with Gasteiger partial charge in [0.05, 0.1) is 23.6 Å². The molecule has 1 aromatic carbocycles. The average molecular weight is 374 g/mol. The first kappa shape index (κ1) is 16.8. The molecule has 8 nitrogen and oxygen atoms in total. The van der Waals surface area contributed by atoms with E-state index in [-0.39, 0.29) is 0 Å². The third-order valence-corrected chi connectivity index (χ3v) is 5.16. The fourth-order valence-electron chi connectivity index (χ4n) is 3.54. The van der Waals surface area contributed by atoms with E-state index < -0.39 is 0 Å². The lowest BCUT2D eigenvalue weighted by Crippen LogP contribution is -2.44. The molecule has 1 fully saturated rings. The number of rotatable bonds is 4. The number of fused-ring (bicyclic) bond motifs is 1. The monoisotopic (exact) mass is 374 g/mol. The normalized spacial score (nSPS) is 15.2. The van der Waals surface area contributed by atoms with E-state index in [1.807, 2.05) is 35.1 Å². The number of nitrogens with one attached hydrogen (secondary N) is 2. The lowest BCUT2D eigenvalue weighted by atomic mass is 10.2. The first-order valence-corrected chi connectivity index (χ1v) is 9.41. The molecule has 5 rings (SSSR count). The van der Waals surface area contributed by atoms with Gasteiger partial charge in [-0.2, -0.15) is 5.10 Å². The van der Waals surface area contributed by atoms with Crippen molar-refractivity contribution in [2.24, 2.45) is 0 Å². The molecule has 142 valence electrons. The Morgan fingerprint density at radius 2 is 1.93 bits per heavy atom. The number of hydrogen-bond donors (Lipinski definition) is 2. The Morgan fingerprint density at radius 3 is 2.75 bits per heavy atom. The van der Waals surface area contributed by atoms with E-state index in [2.05, 4.69) is 60.6 Å². The number of benzene rings is 1. The van der Waals surface area contributed by atoms with Gasteiger partial charge in [0.2, 0.25) is 5.95 Å². The molecule has 0 saturated carbocycles. The SMILES string of the molecule is CN1CCN(c2cccc(Nc3ncc4ccc(-c5cn[nH]c5)n4n3)c2)CC1. The minimum Gasteiger partial charge on any atom is -0.369 e. The average Bonchev–Trinajstić information content (AvgIpc) is 3.38. The number of H-pyrrole nitrogens is 1. The number of aromatic amines is 1. The number of aromatic nitrogens is 5. The molecule has 0 radical (unpaired) electrons. The maximum atomic E-state index is 4.67. The van der Waals surface area contributed by atoms with Crippen LogP contribution in [0.15, 0.2) is 55.0 Å². The van der Waals surface area contributed by atoms with E-state index in [0.717, 1.165) is 48.6 Å². The van der Waals surface area contributed by atoms with E-state index >= 15 is 0 Å². The highest BCUT2D eigenvalue weighted by molar-refractivity contribution is 5.66. The summed E-state index contributed by atoms with van der Waals surface area (Å²) in [4.78, 5) is 9.23. The topological polar surface area (TPSA) is 77.4 Å². The number of piperazine rings is 1. The van der Waals surface area contributed by atoms with Crippen molar-refractivity contribution >= 4 is 22.8 Å². The largest absolute Gasteiger partial charge is 0.369 e. The molecule has 1 aliphatic rings. The Labute approximate surface area is 162 Å². The molecule has 8 heteroatoms. The van der Waals surface area contributed by atoms with Gasteiger partial charge >= 0.3 is 0 Å². The molecule has 0 bridgehead atoms. The van der Waals surface area contributed by atoms with Crippen LogP contribution in [0.5, 0.6) is 0 Å². The summed E-state index contributed by atoms with van der Waals surface area (Å²) < 4.78 is 1.88. The number of likely N-dealkylation sites (N-methyl/N-ethyl adjacent to an activating group) is 1. The van der Waals surface area contributed by atoms with Crippen LogP contribution in [0.4, 0.5) is 17.3 Å². The number of nitrogens with zero attached hydrogens (tertiary/aromatic N) is 6. The Morgan fingerprint density at radius 1 is 1.04 bits per heavy atom. The molecule has 0 aliphatic carbocycles. The van der Waals surface area contributed by atoms with Gasteiger partial charge in [-0.05, 0) is 37.4 Å². The van der Waals surface area contributed by atoms with Crippen LogP contribution in [-0.2, 0) is 0 Å². The third-order valence-electron chi connectivity index (χ3n) is 5.16. The molecule has 0 unspecified atom stereocenters. The molecular formula is C20H22N8.